The molecule has 2 aliphatic heterocycles. The topological polar surface area (TPSA) is 118 Å². The van der Waals surface area contributed by atoms with Crippen LogP contribution in [0.15, 0.2) is 46.4 Å². The van der Waals surface area contributed by atoms with Crippen LogP contribution in [0.4, 0.5) is 0 Å². The van der Waals surface area contributed by atoms with Gasteiger partial charge in [0, 0.05) is 26.2 Å². The molecule has 1 saturated heterocycles. The van der Waals surface area contributed by atoms with E-state index in [2.05, 4.69) is 13.2 Å². The first-order chi connectivity index (χ1) is 15.9. The van der Waals surface area contributed by atoms with Crippen molar-refractivity contribution in [2.24, 2.45) is 5.92 Å². The van der Waals surface area contributed by atoms with Crippen molar-refractivity contribution in [3.63, 3.8) is 0 Å². The molecule has 3 heterocycles. The van der Waals surface area contributed by atoms with Gasteiger partial charge in [-0.1, -0.05) is 24.3 Å². The molecule has 1 aromatic rings. The van der Waals surface area contributed by atoms with Gasteiger partial charge in [0.1, 0.15) is 23.2 Å². The lowest BCUT2D eigenvalue weighted by molar-refractivity contribution is -0.151. The fourth-order valence-corrected chi connectivity index (χ4v) is 4.36. The number of carbonyl (C=O) groups is 4. The van der Waals surface area contributed by atoms with Crippen LogP contribution in [0, 0.1) is 5.92 Å². The van der Waals surface area contributed by atoms with Crippen LogP contribution in [0.3, 0.4) is 0 Å². The summed E-state index contributed by atoms with van der Waals surface area (Å²) in [6, 6.07) is 1.51. The molecule has 0 spiro atoms. The highest BCUT2D eigenvalue weighted by atomic mass is 16.6. The Morgan fingerprint density at radius 1 is 1.03 bits per heavy atom. The maximum atomic E-state index is 12.9. The molecule has 0 amide bonds. The molecule has 1 fully saturated rings. The number of esters is 4. The van der Waals surface area contributed by atoms with Gasteiger partial charge in [0.05, 0.1) is 18.6 Å². The number of furan rings is 1. The Balaban J connectivity index is 2.32. The second-order valence-corrected chi connectivity index (χ2v) is 8.55. The van der Waals surface area contributed by atoms with Gasteiger partial charge in [0.25, 0.3) is 0 Å². The zero-order valence-electron chi connectivity index (χ0n) is 19.8. The van der Waals surface area contributed by atoms with Gasteiger partial charge in [0.15, 0.2) is 12.2 Å². The van der Waals surface area contributed by atoms with E-state index >= 15 is 0 Å². The Morgan fingerprint density at radius 3 is 2.21 bits per heavy atom. The first kappa shape index (κ1) is 25.0. The Bertz CT molecular complexity index is 1090. The van der Waals surface area contributed by atoms with Crippen molar-refractivity contribution < 1.29 is 42.5 Å². The molecule has 0 N–H and O–H groups in total. The van der Waals surface area contributed by atoms with Gasteiger partial charge in [-0.05, 0) is 26.0 Å². The molecule has 4 bridgehead atoms. The summed E-state index contributed by atoms with van der Waals surface area (Å²) >= 11 is 0. The quantitative estimate of drug-likeness (QED) is 0.362. The molecule has 1 aromatic heterocycles. The third-order valence-electron chi connectivity index (χ3n) is 5.86. The molecule has 9 heteroatoms. The maximum absolute atomic E-state index is 12.9. The number of hydrogen-bond acceptors (Lipinski definition) is 9. The monoisotopic (exact) mass is 472 g/mol. The van der Waals surface area contributed by atoms with E-state index < -0.39 is 54.0 Å². The van der Waals surface area contributed by atoms with E-state index in [0.29, 0.717) is 22.7 Å². The summed E-state index contributed by atoms with van der Waals surface area (Å²) in [5.74, 6) is -3.29. The van der Waals surface area contributed by atoms with Crippen molar-refractivity contribution in [3.8, 4) is 0 Å². The van der Waals surface area contributed by atoms with Gasteiger partial charge in [0.2, 0.25) is 0 Å². The summed E-state index contributed by atoms with van der Waals surface area (Å²) in [6.07, 6.45) is -1.55. The number of fused-ring (bicyclic) bond motifs is 4. The molecule has 34 heavy (non-hydrogen) atoms. The Hall–Kier alpha value is -3.62. The average Bonchev–Trinajstić information content (AvgIpc) is 3.25. The van der Waals surface area contributed by atoms with Crippen LogP contribution in [-0.4, -0.2) is 49.3 Å². The van der Waals surface area contributed by atoms with Crippen LogP contribution < -0.4 is 0 Å². The predicted molar refractivity (Wildman–Crippen MR) is 119 cm³/mol. The molecule has 0 saturated carbocycles. The first-order valence-electron chi connectivity index (χ1n) is 10.7. The van der Waals surface area contributed by atoms with Crippen LogP contribution in [0.5, 0.6) is 0 Å². The van der Waals surface area contributed by atoms with Gasteiger partial charge < -0.3 is 23.4 Å². The number of hydrogen-bond donors (Lipinski definition) is 0. The molecule has 3 rings (SSSR count). The fraction of sp³-hybridized carbons (Fsp3) is 0.440. The van der Waals surface area contributed by atoms with Crippen molar-refractivity contribution >= 4 is 23.9 Å². The number of methoxy groups -OCH3 is 1. The summed E-state index contributed by atoms with van der Waals surface area (Å²) in [5, 5.41) is 0. The van der Waals surface area contributed by atoms with Crippen molar-refractivity contribution in [3.05, 3.63) is 59.1 Å². The summed E-state index contributed by atoms with van der Waals surface area (Å²) < 4.78 is 27.7. The fourth-order valence-electron chi connectivity index (χ4n) is 4.36. The van der Waals surface area contributed by atoms with E-state index in [0.717, 1.165) is 0 Å². The highest BCUT2D eigenvalue weighted by Crippen LogP contribution is 2.42. The van der Waals surface area contributed by atoms with Crippen LogP contribution >= 0.6 is 0 Å². The molecule has 1 unspecified atom stereocenters. The van der Waals surface area contributed by atoms with E-state index in [1.54, 1.807) is 13.8 Å². The van der Waals surface area contributed by atoms with Crippen molar-refractivity contribution in [1.82, 2.24) is 0 Å². The van der Waals surface area contributed by atoms with Crippen LogP contribution in [0.2, 0.25) is 0 Å². The SMILES string of the molecule is C=C(C)[C@H]1Cc2oc(cc2C(=O)OC)[C@H](C(=C)C)[C@@H]2OC(=O)/C(=C\C1OC(C)=O)[C@H]2OC(C)=O. The molecular formula is C25H28O9. The standard InChI is InChI=1S/C25H28O9/c1-11(2)15-8-19-16(24(28)30-7)9-20(33-19)21(12(3)4)23-22(32-14(6)27)17(25(29)34-23)10-18(15)31-13(5)26/h9-10,15,18,21-23H,1,3,8H2,2,4-7H3/b17-10-/t15-,18?,21+,22-,23+/m1/s1. The average molecular weight is 472 g/mol. The highest BCUT2D eigenvalue weighted by molar-refractivity contribution is 5.93. The predicted octanol–water partition coefficient (Wildman–Crippen LogP) is 3.19. The lowest BCUT2D eigenvalue weighted by Gasteiger charge is -2.26. The van der Waals surface area contributed by atoms with Crippen molar-refractivity contribution in [2.75, 3.05) is 7.11 Å². The smallest absolute Gasteiger partial charge is 0.341 e. The van der Waals surface area contributed by atoms with E-state index in [9.17, 15) is 19.2 Å². The van der Waals surface area contributed by atoms with E-state index in [1.807, 2.05) is 0 Å². The Morgan fingerprint density at radius 2 is 1.68 bits per heavy atom. The Labute approximate surface area is 197 Å². The second kappa shape index (κ2) is 9.70. The minimum absolute atomic E-state index is 0.0458. The lowest BCUT2D eigenvalue weighted by Crippen LogP contribution is -2.34. The van der Waals surface area contributed by atoms with Crippen LogP contribution in [0.25, 0.3) is 0 Å². The summed E-state index contributed by atoms with van der Waals surface area (Å²) in [5.41, 5.74) is 1.39. The first-order valence-corrected chi connectivity index (χ1v) is 10.7. The minimum Gasteiger partial charge on any atom is -0.465 e. The number of ether oxygens (including phenoxy) is 4. The molecule has 182 valence electrons. The zero-order chi connectivity index (χ0) is 25.3. The highest BCUT2D eigenvalue weighted by Gasteiger charge is 2.49. The normalized spacial score (nSPS) is 27.4. The molecule has 5 atom stereocenters. The van der Waals surface area contributed by atoms with Gasteiger partial charge >= 0.3 is 23.9 Å². The Kier molecular flexibility index (Phi) is 7.14. The molecule has 0 aromatic carbocycles. The summed E-state index contributed by atoms with van der Waals surface area (Å²) in [7, 11) is 1.25. The molecular weight excluding hydrogens is 444 g/mol. The lowest BCUT2D eigenvalue weighted by atomic mass is 9.85. The maximum Gasteiger partial charge on any atom is 0.341 e. The summed E-state index contributed by atoms with van der Waals surface area (Å²) in [4.78, 5) is 49.4. The molecule has 9 nitrogen and oxygen atoms in total. The van der Waals surface area contributed by atoms with Gasteiger partial charge in [-0.3, -0.25) is 9.59 Å². The zero-order valence-corrected chi connectivity index (χ0v) is 19.8. The largest absolute Gasteiger partial charge is 0.465 e. The van der Waals surface area contributed by atoms with E-state index in [1.165, 1.54) is 33.1 Å². The summed E-state index contributed by atoms with van der Waals surface area (Å²) in [6.45, 7) is 13.9. The molecule has 0 aliphatic carbocycles. The van der Waals surface area contributed by atoms with E-state index in [-0.39, 0.29) is 17.6 Å². The third kappa shape index (κ3) is 4.83. The second-order valence-electron chi connectivity index (χ2n) is 8.55. The van der Waals surface area contributed by atoms with Crippen molar-refractivity contribution in [2.45, 2.75) is 58.3 Å². The van der Waals surface area contributed by atoms with Gasteiger partial charge in [-0.2, -0.15) is 0 Å². The third-order valence-corrected chi connectivity index (χ3v) is 5.86. The molecule has 2 aliphatic rings. The number of rotatable bonds is 5. The number of carbonyl (C=O) groups excluding carboxylic acids is 4. The molecule has 0 radical (unpaired) electrons. The van der Waals surface area contributed by atoms with Crippen molar-refractivity contribution in [1.29, 1.82) is 0 Å². The van der Waals surface area contributed by atoms with E-state index in [4.69, 9.17) is 23.4 Å². The van der Waals surface area contributed by atoms with Crippen LogP contribution in [0.1, 0.15) is 55.5 Å². The van der Waals surface area contributed by atoms with Gasteiger partial charge in [-0.15, -0.1) is 0 Å². The van der Waals surface area contributed by atoms with Gasteiger partial charge in [-0.25, -0.2) is 9.59 Å². The minimum atomic E-state index is -1.12. The van der Waals surface area contributed by atoms with Crippen LogP contribution in [-0.2, 0) is 39.8 Å².